The number of furan rings is 1. The van der Waals surface area contributed by atoms with Crippen LogP contribution < -0.4 is 0 Å². The molecule has 0 aliphatic carbocycles. The van der Waals surface area contributed by atoms with Gasteiger partial charge in [-0.05, 0) is 18.4 Å². The van der Waals surface area contributed by atoms with Crippen LogP contribution in [0, 0.1) is 0 Å². The largest absolute Gasteiger partial charge is 0.459 e. The van der Waals surface area contributed by atoms with E-state index in [9.17, 15) is 9.59 Å². The van der Waals surface area contributed by atoms with Crippen LogP contribution in [0.3, 0.4) is 0 Å². The molecule has 0 N–H and O–H groups in total. The number of hydrogen-bond acceptors (Lipinski definition) is 4. The van der Waals surface area contributed by atoms with E-state index in [0.29, 0.717) is 37.7 Å². The minimum Gasteiger partial charge on any atom is -0.459 e. The predicted molar refractivity (Wildman–Crippen MR) is 69.6 cm³/mol. The summed E-state index contributed by atoms with van der Waals surface area (Å²) in [6.45, 7) is 2.34. The van der Waals surface area contributed by atoms with Gasteiger partial charge in [-0.25, -0.2) is 0 Å². The summed E-state index contributed by atoms with van der Waals surface area (Å²) in [7, 11) is 0. The van der Waals surface area contributed by atoms with E-state index in [1.807, 2.05) is 11.2 Å². The molecule has 1 aromatic rings. The van der Waals surface area contributed by atoms with Gasteiger partial charge >= 0.3 is 0 Å². The van der Waals surface area contributed by atoms with Crippen LogP contribution in [-0.4, -0.2) is 59.8 Å². The van der Waals surface area contributed by atoms with Gasteiger partial charge in [0.2, 0.25) is 5.91 Å². The summed E-state index contributed by atoms with van der Waals surface area (Å²) in [5, 5.41) is 0. The molecule has 0 atom stereocenters. The first-order valence-electron chi connectivity index (χ1n) is 5.82. The Morgan fingerprint density at radius 1 is 1.28 bits per heavy atom. The molecule has 0 spiro atoms. The summed E-state index contributed by atoms with van der Waals surface area (Å²) in [5.41, 5.74) is 0. The Balaban J connectivity index is 1.87. The minimum absolute atomic E-state index is 0.100. The fourth-order valence-electron chi connectivity index (χ4n) is 1.93. The van der Waals surface area contributed by atoms with Gasteiger partial charge in [-0.3, -0.25) is 9.59 Å². The Hall–Kier alpha value is -1.43. The van der Waals surface area contributed by atoms with Gasteiger partial charge in [0.05, 0.1) is 12.0 Å². The SMILES string of the molecule is CSCC(=O)N1CCN(C(=O)c2ccco2)CC1. The van der Waals surface area contributed by atoms with Crippen molar-refractivity contribution in [3.05, 3.63) is 24.2 Å². The van der Waals surface area contributed by atoms with Crippen molar-refractivity contribution in [1.29, 1.82) is 0 Å². The zero-order chi connectivity index (χ0) is 13.0. The zero-order valence-corrected chi connectivity index (χ0v) is 11.1. The summed E-state index contributed by atoms with van der Waals surface area (Å²) in [5.74, 6) is 0.912. The van der Waals surface area contributed by atoms with Crippen molar-refractivity contribution in [2.45, 2.75) is 0 Å². The van der Waals surface area contributed by atoms with Crippen molar-refractivity contribution >= 4 is 23.6 Å². The average molecular weight is 268 g/mol. The molecule has 1 aromatic heterocycles. The molecule has 0 bridgehead atoms. The van der Waals surface area contributed by atoms with E-state index in [2.05, 4.69) is 0 Å². The predicted octanol–water partition coefficient (Wildman–Crippen LogP) is 0.927. The number of carbonyl (C=O) groups is 2. The second kappa shape index (κ2) is 5.95. The lowest BCUT2D eigenvalue weighted by atomic mass is 10.3. The number of piperazine rings is 1. The maximum Gasteiger partial charge on any atom is 0.289 e. The van der Waals surface area contributed by atoms with Gasteiger partial charge in [0, 0.05) is 26.2 Å². The highest BCUT2D eigenvalue weighted by Gasteiger charge is 2.25. The molecule has 1 aliphatic rings. The van der Waals surface area contributed by atoms with E-state index in [1.54, 1.807) is 17.0 Å². The van der Waals surface area contributed by atoms with Crippen molar-refractivity contribution in [3.63, 3.8) is 0 Å². The van der Waals surface area contributed by atoms with Crippen molar-refractivity contribution in [1.82, 2.24) is 9.80 Å². The van der Waals surface area contributed by atoms with Crippen LogP contribution in [0.2, 0.25) is 0 Å². The smallest absolute Gasteiger partial charge is 0.289 e. The van der Waals surface area contributed by atoms with Crippen LogP contribution in [0.1, 0.15) is 10.6 Å². The van der Waals surface area contributed by atoms with E-state index in [0.717, 1.165) is 0 Å². The Labute approximate surface area is 110 Å². The molecule has 2 heterocycles. The highest BCUT2D eigenvalue weighted by Crippen LogP contribution is 2.10. The average Bonchev–Trinajstić information content (AvgIpc) is 2.92. The summed E-state index contributed by atoms with van der Waals surface area (Å²) in [4.78, 5) is 27.2. The molecular weight excluding hydrogens is 252 g/mol. The van der Waals surface area contributed by atoms with Gasteiger partial charge in [0.1, 0.15) is 0 Å². The highest BCUT2D eigenvalue weighted by atomic mass is 32.2. The molecule has 0 aromatic carbocycles. The lowest BCUT2D eigenvalue weighted by molar-refractivity contribution is -0.129. The maximum absolute atomic E-state index is 12.0. The monoisotopic (exact) mass is 268 g/mol. The van der Waals surface area contributed by atoms with Gasteiger partial charge < -0.3 is 14.2 Å². The normalized spacial score (nSPS) is 15.8. The first kappa shape index (κ1) is 13.0. The fourth-order valence-corrected chi connectivity index (χ4v) is 2.36. The van der Waals surface area contributed by atoms with Gasteiger partial charge in [-0.15, -0.1) is 0 Å². The molecule has 0 saturated carbocycles. The standard InChI is InChI=1S/C12H16N2O3S/c1-18-9-11(15)13-4-6-14(7-5-13)12(16)10-3-2-8-17-10/h2-3,8H,4-7,9H2,1H3. The molecule has 1 fully saturated rings. The summed E-state index contributed by atoms with van der Waals surface area (Å²) in [6, 6.07) is 3.36. The van der Waals surface area contributed by atoms with E-state index >= 15 is 0 Å². The van der Waals surface area contributed by atoms with Crippen LogP contribution in [0.4, 0.5) is 0 Å². The van der Waals surface area contributed by atoms with E-state index in [1.165, 1.54) is 18.0 Å². The molecule has 2 rings (SSSR count). The summed E-state index contributed by atoms with van der Waals surface area (Å²) < 4.78 is 5.09. The molecule has 6 heteroatoms. The van der Waals surface area contributed by atoms with Crippen LogP contribution in [0.15, 0.2) is 22.8 Å². The third kappa shape index (κ3) is 2.87. The molecule has 2 amide bonds. The molecule has 5 nitrogen and oxygen atoms in total. The maximum atomic E-state index is 12.0. The van der Waals surface area contributed by atoms with Crippen LogP contribution >= 0.6 is 11.8 Å². The zero-order valence-electron chi connectivity index (χ0n) is 10.3. The number of thioether (sulfide) groups is 1. The van der Waals surface area contributed by atoms with Crippen molar-refractivity contribution in [2.24, 2.45) is 0 Å². The number of carbonyl (C=O) groups excluding carboxylic acids is 2. The van der Waals surface area contributed by atoms with Crippen LogP contribution in [0.5, 0.6) is 0 Å². The molecule has 1 aliphatic heterocycles. The van der Waals surface area contributed by atoms with Gasteiger partial charge in [-0.1, -0.05) is 0 Å². The summed E-state index contributed by atoms with van der Waals surface area (Å²) >= 11 is 1.52. The first-order chi connectivity index (χ1) is 8.72. The van der Waals surface area contributed by atoms with Crippen LogP contribution in [-0.2, 0) is 4.79 Å². The highest BCUT2D eigenvalue weighted by molar-refractivity contribution is 7.99. The third-order valence-electron chi connectivity index (χ3n) is 2.92. The van der Waals surface area contributed by atoms with Gasteiger partial charge in [0.25, 0.3) is 5.91 Å². The number of rotatable bonds is 3. The molecule has 0 radical (unpaired) electrons. The first-order valence-corrected chi connectivity index (χ1v) is 7.21. The minimum atomic E-state index is -0.100. The Morgan fingerprint density at radius 3 is 2.50 bits per heavy atom. The van der Waals surface area contributed by atoms with Crippen molar-refractivity contribution in [2.75, 3.05) is 38.2 Å². The second-order valence-electron chi connectivity index (χ2n) is 4.08. The molecule has 18 heavy (non-hydrogen) atoms. The molecular formula is C12H16N2O3S. The topological polar surface area (TPSA) is 53.8 Å². The Bertz CT molecular complexity index is 411. The number of hydrogen-bond donors (Lipinski definition) is 0. The molecule has 1 saturated heterocycles. The van der Waals surface area contributed by atoms with E-state index in [4.69, 9.17) is 4.42 Å². The lowest BCUT2D eigenvalue weighted by Gasteiger charge is -2.34. The van der Waals surface area contributed by atoms with Crippen LogP contribution in [0.25, 0.3) is 0 Å². The van der Waals surface area contributed by atoms with Gasteiger partial charge in [-0.2, -0.15) is 11.8 Å². The van der Waals surface area contributed by atoms with E-state index < -0.39 is 0 Å². The van der Waals surface area contributed by atoms with E-state index in [-0.39, 0.29) is 11.8 Å². The van der Waals surface area contributed by atoms with Gasteiger partial charge in [0.15, 0.2) is 5.76 Å². The number of amides is 2. The van der Waals surface area contributed by atoms with Crippen molar-refractivity contribution in [3.8, 4) is 0 Å². The second-order valence-corrected chi connectivity index (χ2v) is 4.95. The summed E-state index contributed by atoms with van der Waals surface area (Å²) in [6.07, 6.45) is 3.40. The quantitative estimate of drug-likeness (QED) is 0.818. The third-order valence-corrected chi connectivity index (χ3v) is 3.45. The number of nitrogens with zero attached hydrogens (tertiary/aromatic N) is 2. The lowest BCUT2D eigenvalue weighted by Crippen LogP contribution is -2.51. The fraction of sp³-hybridized carbons (Fsp3) is 0.500. The molecule has 0 unspecified atom stereocenters. The van der Waals surface area contributed by atoms with Crippen molar-refractivity contribution < 1.29 is 14.0 Å². The molecule has 98 valence electrons. The Kier molecular flexibility index (Phi) is 4.30. The Morgan fingerprint density at radius 2 is 1.94 bits per heavy atom.